The van der Waals surface area contributed by atoms with Crippen LogP contribution in [0.15, 0.2) is 0 Å². The van der Waals surface area contributed by atoms with E-state index < -0.39 is 0 Å². The van der Waals surface area contributed by atoms with Crippen molar-refractivity contribution in [2.45, 2.75) is 23.9 Å². The highest BCUT2D eigenvalue weighted by atomic mass is 127. The number of rotatable bonds is 3. The van der Waals surface area contributed by atoms with Crippen molar-refractivity contribution in [2.75, 3.05) is 7.11 Å². The minimum Gasteiger partial charge on any atom is -0.467 e. The van der Waals surface area contributed by atoms with Crippen molar-refractivity contribution < 1.29 is 9.53 Å². The number of ether oxygens (including phenoxy) is 1. The van der Waals surface area contributed by atoms with Gasteiger partial charge in [-0.25, -0.2) is 4.79 Å². The van der Waals surface area contributed by atoms with E-state index in [0.29, 0.717) is 6.04 Å². The Morgan fingerprint density at radius 1 is 1.60 bits per heavy atom. The molecule has 0 fully saturated rings. The summed E-state index contributed by atoms with van der Waals surface area (Å²) in [4.78, 5) is 10.8. The normalized spacial score (nSPS) is 13.3. The van der Waals surface area contributed by atoms with Gasteiger partial charge in [0.2, 0.25) is 0 Å². The molecule has 0 spiro atoms. The molecule has 3 nitrogen and oxygen atoms in total. The highest BCUT2D eigenvalue weighted by Gasteiger charge is 2.14. The maximum Gasteiger partial charge on any atom is 0.333 e. The third-order valence-corrected chi connectivity index (χ3v) is 1.76. The van der Waals surface area contributed by atoms with E-state index in [1.807, 2.05) is 36.4 Å². The van der Waals surface area contributed by atoms with Crippen molar-refractivity contribution in [1.29, 1.82) is 0 Å². The molecule has 0 aliphatic carbocycles. The lowest BCUT2D eigenvalue weighted by Crippen LogP contribution is -2.36. The molecule has 0 amide bonds. The summed E-state index contributed by atoms with van der Waals surface area (Å²) in [5, 5.41) is 3.01. The van der Waals surface area contributed by atoms with Gasteiger partial charge in [0.25, 0.3) is 0 Å². The molecule has 0 heterocycles. The summed E-state index contributed by atoms with van der Waals surface area (Å²) in [6.45, 7) is 3.96. The van der Waals surface area contributed by atoms with Crippen molar-refractivity contribution in [2.24, 2.45) is 0 Å². The number of carbonyl (C=O) groups is 1. The fourth-order valence-corrected chi connectivity index (χ4v) is 1.44. The van der Waals surface area contributed by atoms with Gasteiger partial charge in [-0.05, 0) is 13.8 Å². The average molecular weight is 257 g/mol. The SMILES string of the molecule is COC(=O)[C@H](I)NC(C)C. The van der Waals surface area contributed by atoms with Crippen molar-refractivity contribution >= 4 is 28.6 Å². The van der Waals surface area contributed by atoms with Crippen LogP contribution in [0.25, 0.3) is 0 Å². The van der Waals surface area contributed by atoms with Gasteiger partial charge in [0, 0.05) is 6.04 Å². The quantitative estimate of drug-likeness (QED) is 0.353. The minimum atomic E-state index is -0.234. The molecule has 4 heteroatoms. The van der Waals surface area contributed by atoms with Crippen molar-refractivity contribution in [3.05, 3.63) is 0 Å². The highest BCUT2D eigenvalue weighted by Crippen LogP contribution is 1.99. The fraction of sp³-hybridized carbons (Fsp3) is 0.833. The van der Waals surface area contributed by atoms with Crippen LogP contribution in [0.5, 0.6) is 0 Å². The first-order valence-electron chi connectivity index (χ1n) is 3.06. The number of esters is 1. The second-order valence-electron chi connectivity index (χ2n) is 2.21. The molecule has 0 saturated carbocycles. The summed E-state index contributed by atoms with van der Waals surface area (Å²) in [7, 11) is 1.38. The van der Waals surface area contributed by atoms with Gasteiger partial charge in [0.1, 0.15) is 0 Å². The minimum absolute atomic E-state index is 0.228. The molecule has 0 aromatic carbocycles. The van der Waals surface area contributed by atoms with Crippen LogP contribution in [0.1, 0.15) is 13.8 Å². The molecule has 0 aromatic rings. The molecule has 1 atom stereocenters. The molecular weight excluding hydrogens is 245 g/mol. The molecule has 1 N–H and O–H groups in total. The number of halogens is 1. The Hall–Kier alpha value is 0.160. The van der Waals surface area contributed by atoms with Crippen LogP contribution in [0.2, 0.25) is 0 Å². The Kier molecular flexibility index (Phi) is 4.98. The molecule has 0 radical (unpaired) electrons. The molecule has 0 aromatic heterocycles. The van der Waals surface area contributed by atoms with Crippen molar-refractivity contribution in [1.82, 2.24) is 5.32 Å². The molecule has 0 aliphatic heterocycles. The summed E-state index contributed by atoms with van der Waals surface area (Å²) < 4.78 is 4.27. The van der Waals surface area contributed by atoms with Crippen LogP contribution in [0, 0.1) is 0 Å². The predicted octanol–water partition coefficient (Wildman–Crippen LogP) is 0.918. The van der Waals surface area contributed by atoms with E-state index in [-0.39, 0.29) is 10.0 Å². The first kappa shape index (κ1) is 10.2. The Morgan fingerprint density at radius 2 is 2.10 bits per heavy atom. The zero-order valence-corrected chi connectivity index (χ0v) is 8.51. The van der Waals surface area contributed by atoms with E-state index in [9.17, 15) is 4.79 Å². The second kappa shape index (κ2) is 4.90. The number of methoxy groups -OCH3 is 1. The Labute approximate surface area is 74.7 Å². The zero-order chi connectivity index (χ0) is 8.15. The fourth-order valence-electron chi connectivity index (χ4n) is 0.464. The maximum absolute atomic E-state index is 10.8. The third kappa shape index (κ3) is 4.05. The molecule has 10 heavy (non-hydrogen) atoms. The molecule has 0 saturated heterocycles. The summed E-state index contributed by atoms with van der Waals surface area (Å²) in [5.74, 6) is -0.228. The second-order valence-corrected chi connectivity index (χ2v) is 3.45. The molecule has 0 aliphatic rings. The Balaban J connectivity index is 3.61. The lowest BCUT2D eigenvalue weighted by molar-refractivity contribution is -0.140. The van der Waals surface area contributed by atoms with Gasteiger partial charge in [-0.2, -0.15) is 0 Å². The zero-order valence-electron chi connectivity index (χ0n) is 6.35. The summed E-state index contributed by atoms with van der Waals surface area (Å²) in [6, 6.07) is 0.306. The monoisotopic (exact) mass is 257 g/mol. The first-order valence-corrected chi connectivity index (χ1v) is 4.30. The van der Waals surface area contributed by atoms with Crippen LogP contribution < -0.4 is 5.32 Å². The molecule has 0 unspecified atom stereocenters. The molecule has 0 bridgehead atoms. The van der Waals surface area contributed by atoms with E-state index in [1.54, 1.807) is 0 Å². The summed E-state index contributed by atoms with van der Waals surface area (Å²) in [5.41, 5.74) is 0. The van der Waals surface area contributed by atoms with Crippen LogP contribution in [0.3, 0.4) is 0 Å². The smallest absolute Gasteiger partial charge is 0.333 e. The van der Waals surface area contributed by atoms with Gasteiger partial charge in [-0.3, -0.25) is 5.32 Å². The Morgan fingerprint density at radius 3 is 2.40 bits per heavy atom. The van der Waals surface area contributed by atoms with Crippen LogP contribution in [0.4, 0.5) is 0 Å². The van der Waals surface area contributed by atoms with Crippen molar-refractivity contribution in [3.8, 4) is 0 Å². The first-order chi connectivity index (χ1) is 4.57. The lowest BCUT2D eigenvalue weighted by Gasteiger charge is -2.12. The molecular formula is C6H12INO2. The van der Waals surface area contributed by atoms with Gasteiger partial charge in [-0.15, -0.1) is 0 Å². The average Bonchev–Trinajstić information content (AvgIpc) is 1.85. The Bertz CT molecular complexity index is 116. The highest BCUT2D eigenvalue weighted by molar-refractivity contribution is 14.1. The third-order valence-electron chi connectivity index (χ3n) is 0.888. The summed E-state index contributed by atoms with van der Waals surface area (Å²) >= 11 is 2.00. The predicted molar refractivity (Wildman–Crippen MR) is 48.1 cm³/mol. The van der Waals surface area contributed by atoms with Gasteiger partial charge in [-0.1, -0.05) is 22.6 Å². The molecule has 0 rings (SSSR count). The van der Waals surface area contributed by atoms with Crippen LogP contribution in [-0.2, 0) is 9.53 Å². The maximum atomic E-state index is 10.8. The number of hydrogen-bond donors (Lipinski definition) is 1. The van der Waals surface area contributed by atoms with E-state index in [0.717, 1.165) is 0 Å². The standard InChI is InChI=1S/C6H12INO2/c1-4(2)8-5(7)6(9)10-3/h4-5,8H,1-3H3/t5-/m1/s1. The van der Waals surface area contributed by atoms with Gasteiger partial charge in [0.15, 0.2) is 4.05 Å². The van der Waals surface area contributed by atoms with E-state index in [4.69, 9.17) is 0 Å². The summed E-state index contributed by atoms with van der Waals surface area (Å²) in [6.07, 6.45) is 0. The van der Waals surface area contributed by atoms with E-state index in [2.05, 4.69) is 10.1 Å². The molecule has 60 valence electrons. The number of carbonyl (C=O) groups excluding carboxylic acids is 1. The van der Waals surface area contributed by atoms with Gasteiger partial charge >= 0.3 is 5.97 Å². The largest absolute Gasteiger partial charge is 0.467 e. The number of hydrogen-bond acceptors (Lipinski definition) is 3. The number of alkyl halides is 1. The lowest BCUT2D eigenvalue weighted by atomic mass is 10.4. The van der Waals surface area contributed by atoms with Gasteiger partial charge < -0.3 is 4.74 Å². The topological polar surface area (TPSA) is 38.3 Å². The van der Waals surface area contributed by atoms with Gasteiger partial charge in [0.05, 0.1) is 7.11 Å². The van der Waals surface area contributed by atoms with Crippen LogP contribution in [-0.4, -0.2) is 23.2 Å². The van der Waals surface area contributed by atoms with E-state index in [1.165, 1.54) is 7.11 Å². The van der Waals surface area contributed by atoms with Crippen molar-refractivity contribution in [3.63, 3.8) is 0 Å². The number of nitrogens with one attached hydrogen (secondary N) is 1. The van der Waals surface area contributed by atoms with Crippen LogP contribution >= 0.6 is 22.6 Å². The van der Waals surface area contributed by atoms with E-state index >= 15 is 0 Å².